The molecule has 0 saturated heterocycles. The van der Waals surface area contributed by atoms with Gasteiger partial charge >= 0.3 is 21.2 Å². The van der Waals surface area contributed by atoms with E-state index in [0.717, 1.165) is 0 Å². The van der Waals surface area contributed by atoms with Gasteiger partial charge in [-0.2, -0.15) is 0 Å². The third-order valence-electron chi connectivity index (χ3n) is 3.16. The Balaban J connectivity index is 0.00000162. The van der Waals surface area contributed by atoms with Crippen molar-refractivity contribution in [3.63, 3.8) is 0 Å². The van der Waals surface area contributed by atoms with E-state index < -0.39 is 0 Å². The Morgan fingerprint density at radius 1 is 0.611 bits per heavy atom. The first kappa shape index (κ1) is 15.5. The summed E-state index contributed by atoms with van der Waals surface area (Å²) in [5, 5.41) is 0. The van der Waals surface area contributed by atoms with Crippen LogP contribution in [0.15, 0.2) is 36.4 Å². The lowest BCUT2D eigenvalue weighted by Crippen LogP contribution is -3.61. The Morgan fingerprint density at radius 3 is 1.33 bits per heavy atom. The lowest BCUT2D eigenvalue weighted by atomic mass is 10.1. The number of halogens is 2. The minimum absolute atomic E-state index is 0. The fraction of sp³-hybridized carbons (Fsp3) is 0.250. The molecule has 0 aliphatic carbocycles. The first-order valence-electron chi connectivity index (χ1n) is 5.85. The van der Waals surface area contributed by atoms with Gasteiger partial charge in [0.25, 0.3) is 0 Å². The summed E-state index contributed by atoms with van der Waals surface area (Å²) in [5.41, 5.74) is 5.59. The first-order valence-corrected chi connectivity index (χ1v) is 8.01. The molecular formula is C16H19ClI+. The van der Waals surface area contributed by atoms with E-state index in [1.54, 1.807) is 0 Å². The Bertz CT molecular complexity index is 497. The van der Waals surface area contributed by atoms with Crippen LogP contribution in [0.1, 0.15) is 22.3 Å². The maximum Gasteiger partial charge on any atom is 0.357 e. The second kappa shape index (κ2) is 6.58. The smallest absolute Gasteiger partial charge is 0.147 e. The fourth-order valence-electron chi connectivity index (χ4n) is 1.65. The third-order valence-corrected chi connectivity index (χ3v) is 5.74. The van der Waals surface area contributed by atoms with E-state index >= 15 is 0 Å². The number of hydrogen-bond acceptors (Lipinski definition) is 0. The van der Waals surface area contributed by atoms with Crippen molar-refractivity contribution in [3.8, 4) is 0 Å². The standard InChI is InChI=1S/C16H18I.ClH/c1-11-5-7-15(9-13(11)3)17-16-8-6-12(2)14(4)10-16;/h5-10H,1-4H3;1H/q+1;. The van der Waals surface area contributed by atoms with E-state index in [9.17, 15) is 0 Å². The van der Waals surface area contributed by atoms with Gasteiger partial charge in [-0.05, 0) is 74.2 Å². The molecule has 0 spiro atoms. The molecule has 96 valence electrons. The van der Waals surface area contributed by atoms with Crippen LogP contribution in [0.5, 0.6) is 0 Å². The van der Waals surface area contributed by atoms with Crippen LogP contribution in [0.4, 0.5) is 0 Å². The van der Waals surface area contributed by atoms with Crippen LogP contribution < -0.4 is 21.2 Å². The largest absolute Gasteiger partial charge is 0.357 e. The Kier molecular flexibility index (Phi) is 5.67. The molecule has 0 bridgehead atoms. The highest BCUT2D eigenvalue weighted by molar-refractivity contribution is 5.85. The topological polar surface area (TPSA) is 0 Å². The molecule has 2 rings (SSSR count). The number of hydrogen-bond donors (Lipinski definition) is 0. The molecule has 0 N–H and O–H groups in total. The van der Waals surface area contributed by atoms with Crippen LogP contribution in [-0.4, -0.2) is 0 Å². The van der Waals surface area contributed by atoms with E-state index in [2.05, 4.69) is 64.1 Å². The van der Waals surface area contributed by atoms with Gasteiger partial charge in [0.05, 0.1) is 0 Å². The Morgan fingerprint density at radius 2 is 1.00 bits per heavy atom. The van der Waals surface area contributed by atoms with Crippen molar-refractivity contribution < 1.29 is 21.2 Å². The minimum Gasteiger partial charge on any atom is -0.147 e. The van der Waals surface area contributed by atoms with Gasteiger partial charge in [-0.1, -0.05) is 12.1 Å². The summed E-state index contributed by atoms with van der Waals surface area (Å²) in [6.07, 6.45) is 0. The molecule has 18 heavy (non-hydrogen) atoms. The summed E-state index contributed by atoms with van der Waals surface area (Å²) in [6, 6.07) is 13.7. The average molecular weight is 374 g/mol. The van der Waals surface area contributed by atoms with Crippen LogP contribution in [0.3, 0.4) is 0 Å². The molecule has 0 amide bonds. The minimum atomic E-state index is -0.0304. The van der Waals surface area contributed by atoms with E-state index in [-0.39, 0.29) is 33.6 Å². The molecule has 0 radical (unpaired) electrons. The van der Waals surface area contributed by atoms with Crippen LogP contribution in [0.25, 0.3) is 0 Å². The van der Waals surface area contributed by atoms with E-state index in [0.29, 0.717) is 0 Å². The molecule has 0 heterocycles. The zero-order chi connectivity index (χ0) is 12.4. The van der Waals surface area contributed by atoms with Gasteiger partial charge in [0.2, 0.25) is 0 Å². The molecule has 0 saturated carbocycles. The second-order valence-electron chi connectivity index (χ2n) is 4.55. The summed E-state index contributed by atoms with van der Waals surface area (Å²) in [5.74, 6) is 0. The van der Waals surface area contributed by atoms with Crippen LogP contribution in [0.2, 0.25) is 0 Å². The molecule has 0 aliphatic heterocycles. The Labute approximate surface area is 126 Å². The van der Waals surface area contributed by atoms with E-state index in [1.807, 2.05) is 0 Å². The normalized spacial score (nSPS) is 10.0. The molecule has 0 atom stereocenters. The van der Waals surface area contributed by atoms with Gasteiger partial charge in [-0.3, -0.25) is 0 Å². The Hall–Kier alpha value is -0.540. The predicted molar refractivity (Wildman–Crippen MR) is 76.5 cm³/mol. The van der Waals surface area contributed by atoms with Crippen molar-refractivity contribution in [2.45, 2.75) is 27.7 Å². The highest BCUT2D eigenvalue weighted by Crippen LogP contribution is 2.05. The number of aryl methyl sites for hydroxylation is 4. The molecule has 0 unspecified atom stereocenters. The summed E-state index contributed by atoms with van der Waals surface area (Å²) < 4.78 is 3.02. The van der Waals surface area contributed by atoms with Crippen molar-refractivity contribution in [3.05, 3.63) is 65.8 Å². The van der Waals surface area contributed by atoms with Crippen molar-refractivity contribution >= 4 is 12.4 Å². The SMILES string of the molecule is Cc1ccc([I+]c2ccc(C)c(C)c2)cc1C.Cl. The maximum absolute atomic E-state index is 2.35. The lowest BCUT2D eigenvalue weighted by molar-refractivity contribution is -0.597. The van der Waals surface area contributed by atoms with Gasteiger partial charge < -0.3 is 0 Å². The highest BCUT2D eigenvalue weighted by Gasteiger charge is 2.16. The van der Waals surface area contributed by atoms with Gasteiger partial charge in [0.1, 0.15) is 0 Å². The molecule has 0 fully saturated rings. The molecule has 2 heteroatoms. The van der Waals surface area contributed by atoms with Crippen molar-refractivity contribution in [1.29, 1.82) is 0 Å². The van der Waals surface area contributed by atoms with Gasteiger partial charge in [-0.15, -0.1) is 12.4 Å². The molecular weight excluding hydrogens is 355 g/mol. The van der Waals surface area contributed by atoms with Crippen LogP contribution >= 0.6 is 12.4 Å². The quantitative estimate of drug-likeness (QED) is 0.700. The van der Waals surface area contributed by atoms with Crippen molar-refractivity contribution in [2.75, 3.05) is 0 Å². The number of benzene rings is 2. The van der Waals surface area contributed by atoms with E-state index in [4.69, 9.17) is 0 Å². The van der Waals surface area contributed by atoms with Gasteiger partial charge in [-0.25, -0.2) is 0 Å². The van der Waals surface area contributed by atoms with Crippen molar-refractivity contribution in [2.24, 2.45) is 0 Å². The molecule has 2 aromatic rings. The fourth-order valence-corrected chi connectivity index (χ4v) is 4.34. The highest BCUT2D eigenvalue weighted by atomic mass is 127. The molecule has 2 aromatic carbocycles. The maximum atomic E-state index is 2.35. The van der Waals surface area contributed by atoms with Crippen molar-refractivity contribution in [1.82, 2.24) is 0 Å². The summed E-state index contributed by atoms with van der Waals surface area (Å²) in [6.45, 7) is 8.74. The lowest BCUT2D eigenvalue weighted by Gasteiger charge is -1.98. The zero-order valence-corrected chi connectivity index (χ0v) is 14.2. The monoisotopic (exact) mass is 373 g/mol. The summed E-state index contributed by atoms with van der Waals surface area (Å²) in [4.78, 5) is 0. The van der Waals surface area contributed by atoms with Crippen LogP contribution in [-0.2, 0) is 0 Å². The second-order valence-corrected chi connectivity index (χ2v) is 7.58. The summed E-state index contributed by atoms with van der Waals surface area (Å²) in [7, 11) is 0. The number of rotatable bonds is 2. The zero-order valence-electron chi connectivity index (χ0n) is 11.3. The molecule has 0 aromatic heterocycles. The third kappa shape index (κ3) is 3.72. The van der Waals surface area contributed by atoms with Gasteiger partial charge in [0.15, 0.2) is 7.14 Å². The van der Waals surface area contributed by atoms with E-state index in [1.165, 1.54) is 29.4 Å². The van der Waals surface area contributed by atoms with Crippen LogP contribution in [0, 0.1) is 34.8 Å². The average Bonchev–Trinajstić information content (AvgIpc) is 2.29. The first-order chi connectivity index (χ1) is 8.06. The molecule has 0 nitrogen and oxygen atoms in total. The predicted octanol–water partition coefficient (Wildman–Crippen LogP) is 1.47. The van der Waals surface area contributed by atoms with Gasteiger partial charge in [0, 0.05) is 0 Å². The summed E-state index contributed by atoms with van der Waals surface area (Å²) >= 11 is -0.0304. The molecule has 0 aliphatic rings.